The summed E-state index contributed by atoms with van der Waals surface area (Å²) in [5, 5.41) is 0. The lowest BCUT2D eigenvalue weighted by atomic mass is 10.1. The molecule has 3 rings (SSSR count). The minimum atomic E-state index is 0.605. The quantitative estimate of drug-likeness (QED) is 0.730. The second kappa shape index (κ2) is 7.24. The van der Waals surface area contributed by atoms with E-state index >= 15 is 0 Å². The molecule has 108 valence electrons. The highest BCUT2D eigenvalue weighted by Gasteiger charge is 2.21. The molecule has 2 aromatic rings. The Morgan fingerprint density at radius 2 is 1.57 bits per heavy atom. The zero-order valence-corrected chi connectivity index (χ0v) is 12.5. The molecule has 0 spiro atoms. The maximum atomic E-state index is 2.59. The van der Waals surface area contributed by atoms with E-state index in [1.54, 1.807) is 0 Å². The van der Waals surface area contributed by atoms with Gasteiger partial charge in [0.1, 0.15) is 0 Å². The molecule has 1 saturated heterocycles. The largest absolute Gasteiger partial charge is 0.293 e. The van der Waals surface area contributed by atoms with Crippen LogP contribution < -0.4 is 0 Å². The Morgan fingerprint density at radius 3 is 2.29 bits per heavy atom. The Bertz CT molecular complexity index is 559. The van der Waals surface area contributed by atoms with Crippen LogP contribution in [-0.4, -0.2) is 17.5 Å². The Hall–Kier alpha value is -1.86. The summed E-state index contributed by atoms with van der Waals surface area (Å²) in [6.07, 6.45) is 8.38. The highest BCUT2D eigenvalue weighted by atomic mass is 15.2. The van der Waals surface area contributed by atoms with Crippen molar-refractivity contribution in [2.75, 3.05) is 6.54 Å². The van der Waals surface area contributed by atoms with Gasteiger partial charge in [-0.1, -0.05) is 72.8 Å². The summed E-state index contributed by atoms with van der Waals surface area (Å²) in [5.74, 6) is 0. The molecule has 1 aliphatic rings. The van der Waals surface area contributed by atoms with Gasteiger partial charge in [-0.15, -0.1) is 0 Å². The van der Waals surface area contributed by atoms with Crippen LogP contribution in [0.2, 0.25) is 0 Å². The van der Waals surface area contributed by atoms with Crippen molar-refractivity contribution in [2.24, 2.45) is 0 Å². The molecule has 0 bridgehead atoms. The van der Waals surface area contributed by atoms with Crippen molar-refractivity contribution in [1.29, 1.82) is 0 Å². The van der Waals surface area contributed by atoms with Crippen LogP contribution in [0, 0.1) is 0 Å². The molecule has 1 aliphatic heterocycles. The lowest BCUT2D eigenvalue weighted by Crippen LogP contribution is -2.27. The molecule has 1 fully saturated rings. The van der Waals surface area contributed by atoms with Crippen LogP contribution in [0.1, 0.15) is 24.0 Å². The van der Waals surface area contributed by atoms with Crippen LogP contribution in [0.3, 0.4) is 0 Å². The minimum Gasteiger partial charge on any atom is -0.293 e. The monoisotopic (exact) mass is 277 g/mol. The van der Waals surface area contributed by atoms with Gasteiger partial charge in [-0.25, -0.2) is 0 Å². The predicted octanol–water partition coefficient (Wildman–Crippen LogP) is 4.45. The van der Waals surface area contributed by atoms with Crippen molar-refractivity contribution >= 4 is 0 Å². The molecule has 1 nitrogen and oxygen atoms in total. The van der Waals surface area contributed by atoms with Crippen LogP contribution >= 0.6 is 0 Å². The first-order valence-electron chi connectivity index (χ1n) is 7.90. The summed E-state index contributed by atoms with van der Waals surface area (Å²) in [4.78, 5) is 2.59. The number of rotatable bonds is 5. The number of benzene rings is 2. The van der Waals surface area contributed by atoms with Crippen molar-refractivity contribution in [3.8, 4) is 0 Å². The average Bonchev–Trinajstić information content (AvgIpc) is 2.97. The second-order valence-corrected chi connectivity index (χ2v) is 5.78. The number of hydrogen-bond acceptors (Lipinski definition) is 1. The summed E-state index contributed by atoms with van der Waals surface area (Å²) in [6, 6.07) is 22.1. The Balaban J connectivity index is 1.57. The van der Waals surface area contributed by atoms with Gasteiger partial charge in [-0.2, -0.15) is 0 Å². The summed E-state index contributed by atoms with van der Waals surface area (Å²) < 4.78 is 0. The molecule has 0 aliphatic carbocycles. The van der Waals surface area contributed by atoms with Gasteiger partial charge >= 0.3 is 0 Å². The van der Waals surface area contributed by atoms with Crippen molar-refractivity contribution in [3.05, 3.63) is 83.9 Å². The van der Waals surface area contributed by atoms with E-state index in [0.717, 1.165) is 13.0 Å². The first kappa shape index (κ1) is 14.1. The Labute approximate surface area is 127 Å². The van der Waals surface area contributed by atoms with Crippen LogP contribution in [0.15, 0.2) is 72.8 Å². The number of allylic oxidation sites excluding steroid dienone is 1. The van der Waals surface area contributed by atoms with Crippen molar-refractivity contribution in [2.45, 2.75) is 31.8 Å². The minimum absolute atomic E-state index is 0.605. The fraction of sp³-hybridized carbons (Fsp3) is 0.300. The van der Waals surface area contributed by atoms with E-state index in [0.29, 0.717) is 6.04 Å². The van der Waals surface area contributed by atoms with E-state index in [4.69, 9.17) is 0 Å². The Morgan fingerprint density at radius 1 is 0.905 bits per heavy atom. The highest BCUT2D eigenvalue weighted by molar-refractivity contribution is 5.19. The lowest BCUT2D eigenvalue weighted by Gasteiger charge is -2.21. The summed E-state index contributed by atoms with van der Waals surface area (Å²) in [7, 11) is 0. The maximum absolute atomic E-state index is 2.59. The van der Waals surface area contributed by atoms with Crippen LogP contribution in [0.25, 0.3) is 0 Å². The predicted molar refractivity (Wildman–Crippen MR) is 89.2 cm³/mol. The third kappa shape index (κ3) is 4.05. The average molecular weight is 277 g/mol. The standard InChI is InChI=1S/C20H23N/c1-3-9-18(10-4-1)13-7-14-20-15-8-16-21(20)17-19-11-5-2-6-12-19/h1-7,9-12,14,20H,8,13,15-17H2/b14-7+. The first-order chi connectivity index (χ1) is 10.4. The van der Waals surface area contributed by atoms with Gasteiger partial charge < -0.3 is 0 Å². The van der Waals surface area contributed by atoms with Gasteiger partial charge in [0.2, 0.25) is 0 Å². The Kier molecular flexibility index (Phi) is 4.86. The molecule has 21 heavy (non-hydrogen) atoms. The molecule has 0 saturated carbocycles. The fourth-order valence-corrected chi connectivity index (χ4v) is 3.06. The van der Waals surface area contributed by atoms with E-state index < -0.39 is 0 Å². The summed E-state index contributed by atoms with van der Waals surface area (Å²) >= 11 is 0. The summed E-state index contributed by atoms with van der Waals surface area (Å²) in [5.41, 5.74) is 2.81. The zero-order chi connectivity index (χ0) is 14.3. The van der Waals surface area contributed by atoms with E-state index in [1.165, 1.54) is 30.5 Å². The third-order valence-corrected chi connectivity index (χ3v) is 4.20. The van der Waals surface area contributed by atoms with E-state index in [2.05, 4.69) is 77.7 Å². The molecule has 0 aromatic heterocycles. The van der Waals surface area contributed by atoms with Gasteiger partial charge in [0.25, 0.3) is 0 Å². The molecular formula is C20H23N. The fourth-order valence-electron chi connectivity index (χ4n) is 3.06. The molecule has 1 atom stereocenters. The van der Waals surface area contributed by atoms with Crippen LogP contribution in [0.5, 0.6) is 0 Å². The summed E-state index contributed by atoms with van der Waals surface area (Å²) in [6.45, 7) is 2.29. The van der Waals surface area contributed by atoms with Crippen LogP contribution in [-0.2, 0) is 13.0 Å². The zero-order valence-electron chi connectivity index (χ0n) is 12.5. The van der Waals surface area contributed by atoms with Crippen LogP contribution in [0.4, 0.5) is 0 Å². The number of likely N-dealkylation sites (tertiary alicyclic amines) is 1. The van der Waals surface area contributed by atoms with Gasteiger partial charge in [0, 0.05) is 12.6 Å². The smallest absolute Gasteiger partial charge is 0.0282 e. The molecular weight excluding hydrogens is 254 g/mol. The molecule has 1 unspecified atom stereocenters. The number of nitrogens with zero attached hydrogens (tertiary/aromatic N) is 1. The molecule has 0 N–H and O–H groups in total. The topological polar surface area (TPSA) is 3.24 Å². The van der Waals surface area contributed by atoms with Gasteiger partial charge in [0.15, 0.2) is 0 Å². The maximum Gasteiger partial charge on any atom is 0.0282 e. The van der Waals surface area contributed by atoms with E-state index in [1.807, 2.05) is 0 Å². The third-order valence-electron chi connectivity index (χ3n) is 4.20. The molecule has 1 heteroatoms. The molecule has 0 amide bonds. The van der Waals surface area contributed by atoms with E-state index in [-0.39, 0.29) is 0 Å². The van der Waals surface area contributed by atoms with Gasteiger partial charge in [0.05, 0.1) is 0 Å². The molecule has 0 radical (unpaired) electrons. The first-order valence-corrected chi connectivity index (χ1v) is 7.90. The van der Waals surface area contributed by atoms with Gasteiger partial charge in [-0.05, 0) is 36.9 Å². The lowest BCUT2D eigenvalue weighted by molar-refractivity contribution is 0.281. The second-order valence-electron chi connectivity index (χ2n) is 5.78. The molecule has 1 heterocycles. The van der Waals surface area contributed by atoms with Gasteiger partial charge in [-0.3, -0.25) is 4.90 Å². The SMILES string of the molecule is C(=C\C1CCCN1Cc1ccccc1)/Cc1ccccc1. The van der Waals surface area contributed by atoms with Crippen molar-refractivity contribution in [1.82, 2.24) is 4.90 Å². The molecule has 2 aromatic carbocycles. The highest BCUT2D eigenvalue weighted by Crippen LogP contribution is 2.21. The van der Waals surface area contributed by atoms with E-state index in [9.17, 15) is 0 Å². The number of hydrogen-bond donors (Lipinski definition) is 0. The normalized spacial score (nSPS) is 19.3. The van der Waals surface area contributed by atoms with Crippen molar-refractivity contribution < 1.29 is 0 Å². The van der Waals surface area contributed by atoms with Crippen molar-refractivity contribution in [3.63, 3.8) is 0 Å².